The lowest BCUT2D eigenvalue weighted by atomic mass is 9.87. The lowest BCUT2D eigenvalue weighted by molar-refractivity contribution is -0.143. The number of hydrogen-bond donors (Lipinski definition) is 1. The van der Waals surface area contributed by atoms with Crippen molar-refractivity contribution in [1.82, 2.24) is 5.32 Å². The predicted octanol–water partition coefficient (Wildman–Crippen LogP) is 3.25. The van der Waals surface area contributed by atoms with Crippen LogP contribution in [0.25, 0.3) is 0 Å². The van der Waals surface area contributed by atoms with Gasteiger partial charge in [0.25, 0.3) is 0 Å². The second-order valence-corrected chi connectivity index (χ2v) is 7.46. The summed E-state index contributed by atoms with van der Waals surface area (Å²) in [4.78, 5) is 23.6. The van der Waals surface area contributed by atoms with E-state index in [-0.39, 0.29) is 24.0 Å². The summed E-state index contributed by atoms with van der Waals surface area (Å²) in [6.45, 7) is 6.10. The Labute approximate surface area is 161 Å². The van der Waals surface area contributed by atoms with E-state index in [2.05, 4.69) is 5.32 Å². The van der Waals surface area contributed by atoms with Crippen molar-refractivity contribution in [1.29, 1.82) is 0 Å². The molecule has 1 aliphatic heterocycles. The molecule has 2 rings (SSSR count). The Balaban J connectivity index is 1.95. The molecule has 0 radical (unpaired) electrons. The molecule has 0 aromatic rings. The normalized spacial score (nSPS) is 27.6. The third-order valence-corrected chi connectivity index (χ3v) is 4.96. The van der Waals surface area contributed by atoms with Crippen LogP contribution < -0.4 is 5.32 Å². The molecule has 0 spiro atoms. The van der Waals surface area contributed by atoms with E-state index in [1.807, 2.05) is 13.0 Å². The van der Waals surface area contributed by atoms with E-state index in [0.29, 0.717) is 17.7 Å². The SMILES string of the molecule is COC1CCCC(CNC2=C/C(=C/C=C/OC(=O)C(C)C)C(C)OC2=O)C1. The van der Waals surface area contributed by atoms with Crippen molar-refractivity contribution in [2.24, 2.45) is 11.8 Å². The minimum atomic E-state index is -0.346. The van der Waals surface area contributed by atoms with Gasteiger partial charge in [-0.05, 0) is 49.8 Å². The van der Waals surface area contributed by atoms with Crippen LogP contribution in [0.1, 0.15) is 46.5 Å². The Morgan fingerprint density at radius 3 is 2.89 bits per heavy atom. The topological polar surface area (TPSA) is 73.9 Å². The van der Waals surface area contributed by atoms with Crippen LogP contribution in [-0.4, -0.2) is 37.8 Å². The van der Waals surface area contributed by atoms with Gasteiger partial charge in [-0.3, -0.25) is 4.79 Å². The maximum atomic E-state index is 12.1. The maximum absolute atomic E-state index is 12.1. The van der Waals surface area contributed by atoms with Crippen LogP contribution in [0.5, 0.6) is 0 Å². The van der Waals surface area contributed by atoms with Gasteiger partial charge in [-0.15, -0.1) is 0 Å². The van der Waals surface area contributed by atoms with Crippen molar-refractivity contribution in [3.63, 3.8) is 0 Å². The van der Waals surface area contributed by atoms with Gasteiger partial charge in [0.2, 0.25) is 0 Å². The lowest BCUT2D eigenvalue weighted by Crippen LogP contribution is -2.35. The molecule has 1 fully saturated rings. The van der Waals surface area contributed by atoms with Crippen LogP contribution in [0.2, 0.25) is 0 Å². The molecule has 6 heteroatoms. The van der Waals surface area contributed by atoms with Gasteiger partial charge in [0, 0.05) is 13.7 Å². The van der Waals surface area contributed by atoms with Gasteiger partial charge in [-0.25, -0.2) is 4.79 Å². The largest absolute Gasteiger partial charge is 0.453 e. The third-order valence-electron chi connectivity index (χ3n) is 4.96. The Morgan fingerprint density at radius 1 is 1.41 bits per heavy atom. The number of nitrogens with one attached hydrogen (secondary N) is 1. The molecule has 1 N–H and O–H groups in total. The molecule has 150 valence electrons. The number of carbonyl (C=O) groups is 2. The van der Waals surface area contributed by atoms with Crippen molar-refractivity contribution < 1.29 is 23.8 Å². The fraction of sp³-hybridized carbons (Fsp3) is 0.619. The molecule has 1 heterocycles. The molecule has 1 aliphatic carbocycles. The van der Waals surface area contributed by atoms with E-state index in [1.54, 1.807) is 33.1 Å². The summed E-state index contributed by atoms with van der Waals surface area (Å²) in [5, 5.41) is 3.24. The Morgan fingerprint density at radius 2 is 2.19 bits per heavy atom. The van der Waals surface area contributed by atoms with Gasteiger partial charge in [0.1, 0.15) is 11.8 Å². The first-order valence-electron chi connectivity index (χ1n) is 9.67. The Hall–Kier alpha value is -2.08. The van der Waals surface area contributed by atoms with E-state index in [4.69, 9.17) is 14.2 Å². The van der Waals surface area contributed by atoms with Crippen molar-refractivity contribution in [3.05, 3.63) is 35.8 Å². The lowest BCUT2D eigenvalue weighted by Gasteiger charge is -2.29. The minimum absolute atomic E-state index is 0.176. The zero-order chi connectivity index (χ0) is 19.8. The number of hydrogen-bond acceptors (Lipinski definition) is 6. The standard InChI is InChI=1S/C21H31NO5/c1-14(2)20(23)26-10-6-8-17-12-19(21(24)27-15(17)3)22-13-16-7-5-9-18(11-16)25-4/h6,8,10,12,14-16,18,22H,5,7,9,11,13H2,1-4H3/b10-6+,17-8-. The van der Waals surface area contributed by atoms with Crippen LogP contribution in [0.3, 0.4) is 0 Å². The summed E-state index contributed by atoms with van der Waals surface area (Å²) in [6, 6.07) is 0. The van der Waals surface area contributed by atoms with E-state index in [9.17, 15) is 9.59 Å². The first kappa shape index (κ1) is 21.2. The van der Waals surface area contributed by atoms with Crippen molar-refractivity contribution >= 4 is 11.9 Å². The quantitative estimate of drug-likeness (QED) is 0.542. The molecule has 27 heavy (non-hydrogen) atoms. The zero-order valence-electron chi connectivity index (χ0n) is 16.7. The van der Waals surface area contributed by atoms with E-state index < -0.39 is 0 Å². The molecular weight excluding hydrogens is 346 g/mol. The van der Waals surface area contributed by atoms with Crippen LogP contribution in [-0.2, 0) is 23.8 Å². The Bertz CT molecular complexity index is 620. The molecule has 0 aromatic carbocycles. The Kier molecular flexibility index (Phi) is 8.10. The molecule has 0 aromatic heterocycles. The number of rotatable bonds is 7. The van der Waals surface area contributed by atoms with Gasteiger partial charge in [0.05, 0.1) is 18.3 Å². The summed E-state index contributed by atoms with van der Waals surface area (Å²) in [5.74, 6) is -0.314. The molecule has 0 saturated heterocycles. The van der Waals surface area contributed by atoms with Gasteiger partial charge in [-0.1, -0.05) is 26.3 Å². The van der Waals surface area contributed by atoms with E-state index in [0.717, 1.165) is 37.8 Å². The van der Waals surface area contributed by atoms with Crippen molar-refractivity contribution in [3.8, 4) is 0 Å². The number of ether oxygens (including phenoxy) is 3. The molecule has 0 amide bonds. The second kappa shape index (κ2) is 10.3. The molecule has 3 atom stereocenters. The van der Waals surface area contributed by atoms with Crippen LogP contribution in [0.4, 0.5) is 0 Å². The average molecular weight is 377 g/mol. The van der Waals surface area contributed by atoms with Crippen molar-refractivity contribution in [2.75, 3.05) is 13.7 Å². The first-order valence-corrected chi connectivity index (χ1v) is 9.67. The second-order valence-electron chi connectivity index (χ2n) is 7.46. The molecular formula is C21H31NO5. The van der Waals surface area contributed by atoms with E-state index in [1.165, 1.54) is 6.26 Å². The van der Waals surface area contributed by atoms with Gasteiger partial charge >= 0.3 is 11.9 Å². The number of esters is 2. The predicted molar refractivity (Wildman–Crippen MR) is 103 cm³/mol. The monoisotopic (exact) mass is 377 g/mol. The highest BCUT2D eigenvalue weighted by atomic mass is 16.5. The highest BCUT2D eigenvalue weighted by Crippen LogP contribution is 2.26. The van der Waals surface area contributed by atoms with Crippen molar-refractivity contribution in [2.45, 2.75) is 58.7 Å². The third kappa shape index (κ3) is 6.54. The molecule has 2 aliphatic rings. The van der Waals surface area contributed by atoms with Gasteiger partial charge in [-0.2, -0.15) is 0 Å². The summed E-state index contributed by atoms with van der Waals surface area (Å²) in [6.07, 6.45) is 11.0. The number of allylic oxidation sites excluding steroid dienone is 2. The number of cyclic esters (lactones) is 1. The zero-order valence-corrected chi connectivity index (χ0v) is 16.7. The highest BCUT2D eigenvalue weighted by molar-refractivity contribution is 5.90. The first-order chi connectivity index (χ1) is 12.9. The van der Waals surface area contributed by atoms with Crippen LogP contribution in [0.15, 0.2) is 35.8 Å². The van der Waals surface area contributed by atoms with Crippen LogP contribution in [0, 0.1) is 11.8 Å². The van der Waals surface area contributed by atoms with E-state index >= 15 is 0 Å². The fourth-order valence-corrected chi connectivity index (χ4v) is 3.23. The number of carbonyl (C=O) groups excluding carboxylic acids is 2. The summed E-state index contributed by atoms with van der Waals surface area (Å²) in [5.41, 5.74) is 1.30. The summed E-state index contributed by atoms with van der Waals surface area (Å²) >= 11 is 0. The minimum Gasteiger partial charge on any atom is -0.453 e. The van der Waals surface area contributed by atoms with Gasteiger partial charge in [0.15, 0.2) is 0 Å². The average Bonchev–Trinajstić information content (AvgIpc) is 2.65. The summed E-state index contributed by atoms with van der Waals surface area (Å²) < 4.78 is 15.9. The molecule has 6 nitrogen and oxygen atoms in total. The highest BCUT2D eigenvalue weighted by Gasteiger charge is 2.26. The smallest absolute Gasteiger partial charge is 0.355 e. The summed E-state index contributed by atoms with van der Waals surface area (Å²) in [7, 11) is 1.76. The molecule has 0 bridgehead atoms. The molecule has 1 saturated carbocycles. The van der Waals surface area contributed by atoms with Crippen LogP contribution >= 0.6 is 0 Å². The van der Waals surface area contributed by atoms with Gasteiger partial charge < -0.3 is 19.5 Å². The fourth-order valence-electron chi connectivity index (χ4n) is 3.23. The molecule has 3 unspecified atom stereocenters. The number of methoxy groups -OCH3 is 1. The maximum Gasteiger partial charge on any atom is 0.355 e.